The number of unbranched alkanes of at least 4 members (excludes halogenated alkanes) is 26. The predicted molar refractivity (Wildman–Crippen MR) is 233 cm³/mol. The van der Waals surface area contributed by atoms with Crippen LogP contribution in [0.1, 0.15) is 233 Å². The van der Waals surface area contributed by atoms with Gasteiger partial charge in [-0.1, -0.05) is 232 Å². The SMILES string of the molecule is CCCC/C=C/C(CCCCCCCCCCCCCC)COS(=O)(=O)[O-].CCCC/C=C/C(CCCCCCCCCCCCCC)COS(=O)(=O)[O-].[Ca+2]. The van der Waals surface area contributed by atoms with Crippen LogP contribution in [0.2, 0.25) is 0 Å². The average molecular weight is 847 g/mol. The van der Waals surface area contributed by atoms with Crippen LogP contribution in [-0.4, -0.2) is 76.9 Å². The molecule has 0 amide bonds. The third kappa shape index (κ3) is 54.5. The summed E-state index contributed by atoms with van der Waals surface area (Å²) in [7, 11) is -9.19. The molecular formula is C44H86CaO8S2. The van der Waals surface area contributed by atoms with Crippen LogP contribution in [0.15, 0.2) is 24.3 Å². The normalized spacial score (nSPS) is 13.2. The van der Waals surface area contributed by atoms with Crippen LogP contribution >= 0.6 is 0 Å². The van der Waals surface area contributed by atoms with Crippen molar-refractivity contribution in [2.24, 2.45) is 11.8 Å². The van der Waals surface area contributed by atoms with Crippen molar-refractivity contribution in [2.75, 3.05) is 13.2 Å². The average Bonchev–Trinajstić information content (AvgIpc) is 3.12. The molecule has 0 rings (SSSR count). The molecule has 0 aliphatic carbocycles. The molecule has 324 valence electrons. The van der Waals surface area contributed by atoms with E-state index >= 15 is 0 Å². The van der Waals surface area contributed by atoms with Crippen LogP contribution in [-0.2, 0) is 29.2 Å². The first-order valence-electron chi connectivity index (χ1n) is 22.5. The molecule has 0 spiro atoms. The molecular weight excluding hydrogens is 761 g/mol. The van der Waals surface area contributed by atoms with Crippen LogP contribution in [0.3, 0.4) is 0 Å². The Labute approximate surface area is 372 Å². The van der Waals surface area contributed by atoms with E-state index in [1.807, 2.05) is 12.2 Å². The molecule has 2 unspecified atom stereocenters. The fourth-order valence-electron chi connectivity index (χ4n) is 6.53. The van der Waals surface area contributed by atoms with Crippen molar-refractivity contribution in [3.63, 3.8) is 0 Å². The van der Waals surface area contributed by atoms with Crippen LogP contribution in [0.25, 0.3) is 0 Å². The molecule has 0 radical (unpaired) electrons. The van der Waals surface area contributed by atoms with E-state index in [1.165, 1.54) is 141 Å². The van der Waals surface area contributed by atoms with Crippen LogP contribution in [0.4, 0.5) is 0 Å². The van der Waals surface area contributed by atoms with Crippen molar-refractivity contribution in [1.82, 2.24) is 0 Å². The van der Waals surface area contributed by atoms with Gasteiger partial charge >= 0.3 is 37.7 Å². The van der Waals surface area contributed by atoms with E-state index in [2.05, 4.69) is 48.2 Å². The van der Waals surface area contributed by atoms with Gasteiger partial charge in [-0.25, -0.2) is 16.8 Å². The number of rotatable bonds is 40. The standard InChI is InChI=1S/2C22H44O4S.Ca/c2*1-3-5-7-9-10-11-12-13-14-15-16-18-20-22(19-17-8-6-4-2)21-26-27(23,24)25;/h2*17,19,22H,3-16,18,20-21H2,1-2H3,(H,23,24,25);/q;;+2/p-2/b2*19-17+;. The Morgan fingerprint density at radius 2 is 0.636 bits per heavy atom. The maximum absolute atomic E-state index is 10.7. The van der Waals surface area contributed by atoms with Gasteiger partial charge in [-0.3, -0.25) is 8.37 Å². The summed E-state index contributed by atoms with van der Waals surface area (Å²) in [6.07, 6.45) is 47.8. The van der Waals surface area contributed by atoms with Crippen LogP contribution in [0, 0.1) is 11.8 Å². The van der Waals surface area contributed by atoms with Crippen molar-refractivity contribution in [3.8, 4) is 0 Å². The minimum atomic E-state index is -4.59. The summed E-state index contributed by atoms with van der Waals surface area (Å²) in [4.78, 5) is 0. The summed E-state index contributed by atoms with van der Waals surface area (Å²) >= 11 is 0. The van der Waals surface area contributed by atoms with E-state index in [1.54, 1.807) is 0 Å². The Balaban J connectivity index is -0.000000966. The zero-order valence-electron chi connectivity index (χ0n) is 36.3. The van der Waals surface area contributed by atoms with E-state index in [-0.39, 0.29) is 62.8 Å². The quantitative estimate of drug-likeness (QED) is 0.0196. The molecule has 8 nitrogen and oxygen atoms in total. The topological polar surface area (TPSA) is 133 Å². The van der Waals surface area contributed by atoms with Gasteiger partial charge < -0.3 is 9.11 Å². The molecule has 0 aliphatic heterocycles. The van der Waals surface area contributed by atoms with Crippen molar-refractivity contribution >= 4 is 58.5 Å². The third-order valence-electron chi connectivity index (χ3n) is 9.98. The molecule has 0 N–H and O–H groups in total. The molecule has 0 saturated carbocycles. The van der Waals surface area contributed by atoms with E-state index in [4.69, 9.17) is 0 Å². The molecule has 0 fully saturated rings. The first-order chi connectivity index (χ1) is 26.0. The Hall–Kier alpha value is 0.480. The molecule has 0 heterocycles. The van der Waals surface area contributed by atoms with Gasteiger partial charge in [0.2, 0.25) is 20.8 Å². The van der Waals surface area contributed by atoms with Gasteiger partial charge in [-0.05, 0) is 25.7 Å². The van der Waals surface area contributed by atoms with Crippen molar-refractivity contribution in [2.45, 2.75) is 233 Å². The zero-order valence-corrected chi connectivity index (χ0v) is 40.1. The van der Waals surface area contributed by atoms with E-state index < -0.39 is 20.8 Å². The molecule has 0 aromatic carbocycles. The first kappa shape index (κ1) is 59.8. The van der Waals surface area contributed by atoms with Gasteiger partial charge in [0.25, 0.3) is 0 Å². The van der Waals surface area contributed by atoms with Crippen LogP contribution < -0.4 is 0 Å². The Kier molecular flexibility index (Phi) is 49.5. The van der Waals surface area contributed by atoms with Gasteiger partial charge in [0, 0.05) is 11.8 Å². The number of hydrogen-bond acceptors (Lipinski definition) is 8. The molecule has 11 heteroatoms. The summed E-state index contributed by atoms with van der Waals surface area (Å²) < 4.78 is 73.1. The molecule has 0 aliphatic rings. The molecule has 0 aromatic rings. The minimum absolute atomic E-state index is 0. The maximum Gasteiger partial charge on any atom is 2.00 e. The van der Waals surface area contributed by atoms with Gasteiger partial charge in [-0.15, -0.1) is 0 Å². The summed E-state index contributed by atoms with van der Waals surface area (Å²) in [6.45, 7) is 8.75. The van der Waals surface area contributed by atoms with Crippen molar-refractivity contribution in [3.05, 3.63) is 24.3 Å². The smallest absolute Gasteiger partial charge is 0.726 e. The van der Waals surface area contributed by atoms with Gasteiger partial charge in [0.05, 0.1) is 13.2 Å². The predicted octanol–water partition coefficient (Wildman–Crippen LogP) is 13.5. The largest absolute Gasteiger partial charge is 2.00 e. The van der Waals surface area contributed by atoms with Gasteiger partial charge in [0.1, 0.15) is 0 Å². The number of hydrogen-bond donors (Lipinski definition) is 0. The Morgan fingerprint density at radius 3 is 0.873 bits per heavy atom. The second kappa shape index (κ2) is 45.6. The second-order valence-corrected chi connectivity index (χ2v) is 17.5. The fraction of sp³-hybridized carbons (Fsp3) is 0.909. The van der Waals surface area contributed by atoms with Gasteiger partial charge in [0.15, 0.2) is 0 Å². The molecule has 0 bridgehead atoms. The molecule has 0 aromatic heterocycles. The molecule has 0 saturated heterocycles. The minimum Gasteiger partial charge on any atom is -0.726 e. The second-order valence-electron chi connectivity index (χ2n) is 15.4. The summed E-state index contributed by atoms with van der Waals surface area (Å²) in [6, 6.07) is 0. The number of allylic oxidation sites excluding steroid dienone is 2. The summed E-state index contributed by atoms with van der Waals surface area (Å²) in [5.74, 6) is 0.0439. The van der Waals surface area contributed by atoms with Gasteiger partial charge in [-0.2, -0.15) is 0 Å². The Bertz CT molecular complexity index is 952. The van der Waals surface area contributed by atoms with E-state index in [9.17, 15) is 25.9 Å². The summed E-state index contributed by atoms with van der Waals surface area (Å²) in [5, 5.41) is 0. The Morgan fingerprint density at radius 1 is 0.400 bits per heavy atom. The maximum atomic E-state index is 10.7. The van der Waals surface area contributed by atoms with Crippen LogP contribution in [0.5, 0.6) is 0 Å². The van der Waals surface area contributed by atoms with Crippen molar-refractivity contribution in [1.29, 1.82) is 0 Å². The van der Waals surface area contributed by atoms with E-state index in [0.29, 0.717) is 0 Å². The monoisotopic (exact) mass is 847 g/mol. The fourth-order valence-corrected chi connectivity index (χ4v) is 7.21. The molecule has 55 heavy (non-hydrogen) atoms. The summed E-state index contributed by atoms with van der Waals surface area (Å²) in [5.41, 5.74) is 0. The van der Waals surface area contributed by atoms with Crippen molar-refractivity contribution < 1.29 is 34.3 Å². The first-order valence-corrected chi connectivity index (χ1v) is 25.2. The molecule has 2 atom stereocenters. The van der Waals surface area contributed by atoms with E-state index in [0.717, 1.165) is 64.2 Å². The third-order valence-corrected chi connectivity index (χ3v) is 10.8. The zero-order chi connectivity index (χ0) is 40.4.